The first-order valence-electron chi connectivity index (χ1n) is 5.75. The lowest BCUT2D eigenvalue weighted by Crippen LogP contribution is -2.15. The van der Waals surface area contributed by atoms with Crippen molar-refractivity contribution in [3.63, 3.8) is 0 Å². The second kappa shape index (κ2) is 6.42. The van der Waals surface area contributed by atoms with E-state index >= 15 is 0 Å². The van der Waals surface area contributed by atoms with Crippen LogP contribution in [0, 0.1) is 29.1 Å². The predicted molar refractivity (Wildman–Crippen MR) is 67.8 cm³/mol. The normalized spacial score (nSPS) is 12.1. The number of hydrogen-bond donors (Lipinski definition) is 1. The molecule has 4 nitrogen and oxygen atoms in total. The summed E-state index contributed by atoms with van der Waals surface area (Å²) >= 11 is -3.07. The molecule has 1 unspecified atom stereocenters. The fourth-order valence-electron chi connectivity index (χ4n) is 1.66. The van der Waals surface area contributed by atoms with Gasteiger partial charge in [0.25, 0.3) is 5.91 Å². The number of amides is 1. The van der Waals surface area contributed by atoms with Crippen LogP contribution in [0.5, 0.6) is 0 Å². The molecule has 1 atom stereocenters. The van der Waals surface area contributed by atoms with Gasteiger partial charge in [0.05, 0.1) is 10.5 Å². The zero-order valence-corrected chi connectivity index (χ0v) is 11.6. The Balaban J connectivity index is 2.38. The van der Waals surface area contributed by atoms with E-state index < -0.39 is 62.2 Å². The van der Waals surface area contributed by atoms with Crippen LogP contribution in [-0.2, 0) is 11.1 Å². The minimum absolute atomic E-state index is 0.172. The van der Waals surface area contributed by atoms with Crippen molar-refractivity contribution in [1.82, 2.24) is 0 Å². The van der Waals surface area contributed by atoms with E-state index in [0.29, 0.717) is 18.2 Å². The standard InChI is InChI=1S/C13H6F5NO3S/c14-7-4-8(15)11(23(21)22)3-6(7)13(20)19-5-1-9(16)12(18)10(17)2-5/h1-4H,(H,19,20)(H,21,22)/p-1. The summed E-state index contributed by atoms with van der Waals surface area (Å²) in [6, 6.07) is 1.46. The SMILES string of the molecule is O=C(Nc1cc(F)c(F)c(F)c1)c1cc(S(=O)[O-])c(F)cc1F. The van der Waals surface area contributed by atoms with Crippen LogP contribution in [-0.4, -0.2) is 14.7 Å². The molecule has 0 aromatic heterocycles. The Morgan fingerprint density at radius 1 is 0.913 bits per heavy atom. The van der Waals surface area contributed by atoms with Crippen molar-refractivity contribution in [2.45, 2.75) is 4.90 Å². The van der Waals surface area contributed by atoms with Gasteiger partial charge in [-0.05, 0) is 17.1 Å². The summed E-state index contributed by atoms with van der Waals surface area (Å²) in [6.45, 7) is 0. The molecule has 0 fully saturated rings. The summed E-state index contributed by atoms with van der Waals surface area (Å²) < 4.78 is 87.1. The Morgan fingerprint density at radius 3 is 2.00 bits per heavy atom. The van der Waals surface area contributed by atoms with E-state index in [0.717, 1.165) is 0 Å². The molecule has 0 aliphatic heterocycles. The Kier molecular flexibility index (Phi) is 4.76. The molecule has 0 heterocycles. The highest BCUT2D eigenvalue weighted by molar-refractivity contribution is 7.79. The summed E-state index contributed by atoms with van der Waals surface area (Å²) in [4.78, 5) is 10.9. The second-order valence-electron chi connectivity index (χ2n) is 4.21. The second-order valence-corrected chi connectivity index (χ2v) is 5.11. The molecule has 1 amide bonds. The van der Waals surface area contributed by atoms with Crippen LogP contribution < -0.4 is 5.32 Å². The summed E-state index contributed by atoms with van der Waals surface area (Å²) in [7, 11) is 0. The topological polar surface area (TPSA) is 69.2 Å². The molecule has 23 heavy (non-hydrogen) atoms. The Hall–Kier alpha value is -2.33. The van der Waals surface area contributed by atoms with E-state index in [1.165, 1.54) is 0 Å². The minimum atomic E-state index is -3.07. The molecule has 0 aliphatic rings. The largest absolute Gasteiger partial charge is 0.768 e. The maximum Gasteiger partial charge on any atom is 0.258 e. The van der Waals surface area contributed by atoms with E-state index in [4.69, 9.17) is 0 Å². The van der Waals surface area contributed by atoms with Gasteiger partial charge in [0.1, 0.15) is 11.6 Å². The number of rotatable bonds is 3. The number of anilines is 1. The average Bonchev–Trinajstić information content (AvgIpc) is 2.44. The third-order valence-corrected chi connectivity index (χ3v) is 3.36. The van der Waals surface area contributed by atoms with Crippen LogP contribution in [0.15, 0.2) is 29.2 Å². The Bertz CT molecular complexity index is 804. The third-order valence-electron chi connectivity index (χ3n) is 2.69. The predicted octanol–water partition coefficient (Wildman–Crippen LogP) is 2.87. The van der Waals surface area contributed by atoms with Gasteiger partial charge >= 0.3 is 0 Å². The minimum Gasteiger partial charge on any atom is -0.768 e. The quantitative estimate of drug-likeness (QED) is 0.526. The van der Waals surface area contributed by atoms with Crippen molar-refractivity contribution in [2.24, 2.45) is 0 Å². The van der Waals surface area contributed by atoms with Crippen LogP contribution in [0.3, 0.4) is 0 Å². The number of carbonyl (C=O) groups is 1. The number of carbonyl (C=O) groups excluding carboxylic acids is 1. The molecule has 2 aromatic rings. The lowest BCUT2D eigenvalue weighted by molar-refractivity contribution is 0.102. The lowest BCUT2D eigenvalue weighted by atomic mass is 10.2. The lowest BCUT2D eigenvalue weighted by Gasteiger charge is -2.11. The summed E-state index contributed by atoms with van der Waals surface area (Å²) in [5, 5.41) is 1.84. The first kappa shape index (κ1) is 17.0. The van der Waals surface area contributed by atoms with Crippen molar-refractivity contribution >= 4 is 22.7 Å². The monoisotopic (exact) mass is 350 g/mol. The Morgan fingerprint density at radius 2 is 1.48 bits per heavy atom. The highest BCUT2D eigenvalue weighted by Crippen LogP contribution is 2.21. The van der Waals surface area contributed by atoms with Gasteiger partial charge in [0.2, 0.25) is 0 Å². The van der Waals surface area contributed by atoms with E-state index in [9.17, 15) is 35.5 Å². The molecular weight excluding hydrogens is 345 g/mol. The number of nitrogens with one attached hydrogen (secondary N) is 1. The maximum absolute atomic E-state index is 13.6. The number of benzene rings is 2. The molecule has 0 saturated heterocycles. The fourth-order valence-corrected chi connectivity index (χ4v) is 2.09. The molecular formula is C13H5F5NO3S-. The molecule has 0 saturated carbocycles. The maximum atomic E-state index is 13.6. The van der Waals surface area contributed by atoms with Gasteiger partial charge in [0.15, 0.2) is 17.5 Å². The van der Waals surface area contributed by atoms with Gasteiger partial charge in [-0.15, -0.1) is 0 Å². The molecule has 2 rings (SSSR count). The summed E-state index contributed by atoms with van der Waals surface area (Å²) in [5.41, 5.74) is -1.42. The van der Waals surface area contributed by atoms with Gasteiger partial charge in [-0.3, -0.25) is 9.00 Å². The van der Waals surface area contributed by atoms with Gasteiger partial charge < -0.3 is 9.87 Å². The smallest absolute Gasteiger partial charge is 0.258 e. The van der Waals surface area contributed by atoms with Crippen LogP contribution >= 0.6 is 0 Å². The zero-order valence-electron chi connectivity index (χ0n) is 10.8. The third kappa shape index (κ3) is 3.54. The first-order valence-corrected chi connectivity index (χ1v) is 6.82. The highest BCUT2D eigenvalue weighted by Gasteiger charge is 2.18. The fraction of sp³-hybridized carbons (Fsp3) is 0. The molecule has 0 aliphatic carbocycles. The van der Waals surface area contributed by atoms with E-state index in [-0.39, 0.29) is 6.07 Å². The molecule has 10 heteroatoms. The van der Waals surface area contributed by atoms with Crippen molar-refractivity contribution in [2.75, 3.05) is 5.32 Å². The van der Waals surface area contributed by atoms with Crippen molar-refractivity contribution in [3.05, 3.63) is 58.9 Å². The van der Waals surface area contributed by atoms with Crippen molar-refractivity contribution in [3.8, 4) is 0 Å². The van der Waals surface area contributed by atoms with E-state index in [2.05, 4.69) is 0 Å². The van der Waals surface area contributed by atoms with Crippen molar-refractivity contribution in [1.29, 1.82) is 0 Å². The van der Waals surface area contributed by atoms with Gasteiger partial charge in [-0.25, -0.2) is 22.0 Å². The molecule has 2 aromatic carbocycles. The first-order chi connectivity index (χ1) is 10.7. The van der Waals surface area contributed by atoms with Crippen molar-refractivity contribution < 1.29 is 35.5 Å². The van der Waals surface area contributed by atoms with Gasteiger partial charge in [-0.1, -0.05) is 0 Å². The van der Waals surface area contributed by atoms with E-state index in [1.54, 1.807) is 0 Å². The van der Waals surface area contributed by atoms with Gasteiger partial charge in [0, 0.05) is 23.9 Å². The van der Waals surface area contributed by atoms with Crippen LogP contribution in [0.4, 0.5) is 27.6 Å². The summed E-state index contributed by atoms with van der Waals surface area (Å²) in [5.74, 6) is -9.06. The molecule has 0 radical (unpaired) electrons. The van der Waals surface area contributed by atoms with Crippen LogP contribution in [0.25, 0.3) is 0 Å². The van der Waals surface area contributed by atoms with E-state index in [1.807, 2.05) is 5.32 Å². The van der Waals surface area contributed by atoms with Crippen LogP contribution in [0.1, 0.15) is 10.4 Å². The molecule has 122 valence electrons. The van der Waals surface area contributed by atoms with Gasteiger partial charge in [-0.2, -0.15) is 0 Å². The molecule has 0 bridgehead atoms. The molecule has 0 spiro atoms. The zero-order chi connectivity index (χ0) is 17.3. The average molecular weight is 350 g/mol. The Labute approximate surface area is 128 Å². The number of hydrogen-bond acceptors (Lipinski definition) is 3. The summed E-state index contributed by atoms with van der Waals surface area (Å²) in [6.07, 6.45) is 0. The highest BCUT2D eigenvalue weighted by atomic mass is 32.2. The molecule has 1 N–H and O–H groups in total. The van der Waals surface area contributed by atoms with Crippen LogP contribution in [0.2, 0.25) is 0 Å². The number of halogens is 5.